The van der Waals surface area contributed by atoms with Gasteiger partial charge in [0.1, 0.15) is 30.5 Å². The molecule has 0 unspecified atom stereocenters. The fraction of sp³-hybridized carbons (Fsp3) is 0.423. The van der Waals surface area contributed by atoms with E-state index >= 15 is 0 Å². The molecule has 0 fully saturated rings. The highest BCUT2D eigenvalue weighted by atomic mass is 32.2. The fourth-order valence-electron chi connectivity index (χ4n) is 4.46. The smallest absolute Gasteiger partial charge is 0.246 e. The second-order valence-corrected chi connectivity index (χ2v) is 12.1. The molecule has 2 heterocycles. The van der Waals surface area contributed by atoms with Crippen molar-refractivity contribution in [2.75, 3.05) is 32.1 Å². The number of benzene rings is 2. The molecule has 41 heavy (non-hydrogen) atoms. The zero-order chi connectivity index (χ0) is 29.7. The van der Waals surface area contributed by atoms with Crippen LogP contribution in [0.2, 0.25) is 0 Å². The fourth-order valence-corrected chi connectivity index (χ4v) is 5.65. The van der Waals surface area contributed by atoms with Crippen LogP contribution in [0, 0.1) is 11.7 Å². The van der Waals surface area contributed by atoms with Crippen molar-refractivity contribution in [3.63, 3.8) is 0 Å². The number of aliphatic hydroxyl groups is 1. The number of tetrazole rings is 1. The number of amides is 2. The first-order valence-corrected chi connectivity index (χ1v) is 14.3. The Balaban J connectivity index is 1.62. The van der Waals surface area contributed by atoms with E-state index in [0.717, 1.165) is 16.4 Å². The van der Waals surface area contributed by atoms with E-state index in [1.807, 2.05) is 6.92 Å². The molecule has 15 heteroatoms. The molecule has 0 saturated heterocycles. The average molecular weight is 590 g/mol. The molecule has 1 aromatic heterocycles. The summed E-state index contributed by atoms with van der Waals surface area (Å²) in [4.78, 5) is 27.3. The Bertz CT molecular complexity index is 1470. The second-order valence-electron chi connectivity index (χ2n) is 10.0. The van der Waals surface area contributed by atoms with E-state index in [9.17, 15) is 27.5 Å². The Morgan fingerprint density at radius 2 is 2.00 bits per heavy atom. The third-order valence-corrected chi connectivity index (χ3v) is 8.69. The summed E-state index contributed by atoms with van der Waals surface area (Å²) in [6.07, 6.45) is 0.537. The predicted octanol–water partition coefficient (Wildman–Crippen LogP) is 0.921. The zero-order valence-corrected chi connectivity index (χ0v) is 23.7. The minimum atomic E-state index is -3.97. The van der Waals surface area contributed by atoms with Crippen LogP contribution in [0.4, 0.5) is 10.1 Å². The van der Waals surface area contributed by atoms with Gasteiger partial charge in [0.25, 0.3) is 0 Å². The van der Waals surface area contributed by atoms with Gasteiger partial charge in [-0.1, -0.05) is 6.92 Å². The van der Waals surface area contributed by atoms with Gasteiger partial charge in [0.05, 0.1) is 30.5 Å². The number of aliphatic hydroxyl groups excluding tert-OH is 1. The Morgan fingerprint density at radius 1 is 1.27 bits per heavy atom. The Morgan fingerprint density at radius 3 is 2.66 bits per heavy atom. The lowest BCUT2D eigenvalue weighted by Crippen LogP contribution is -2.48. The topological polar surface area (TPSA) is 160 Å². The largest absolute Gasteiger partial charge is 0.488 e. The number of aromatic nitrogens is 4. The number of carbonyl (C=O) groups excluding carboxylic acids is 2. The number of nitrogens with zero attached hydrogens (tertiary/aromatic N) is 6. The lowest BCUT2D eigenvalue weighted by atomic mass is 10.0. The summed E-state index contributed by atoms with van der Waals surface area (Å²) < 4.78 is 48.6. The van der Waals surface area contributed by atoms with E-state index in [1.165, 1.54) is 30.2 Å². The predicted molar refractivity (Wildman–Crippen MR) is 145 cm³/mol. The molecule has 1 aliphatic rings. The molecule has 0 saturated carbocycles. The van der Waals surface area contributed by atoms with Crippen molar-refractivity contribution < 1.29 is 32.2 Å². The summed E-state index contributed by atoms with van der Waals surface area (Å²) >= 11 is 0. The number of rotatable bonds is 9. The number of halogens is 1. The highest BCUT2D eigenvalue weighted by molar-refractivity contribution is 7.89. The third kappa shape index (κ3) is 7.23. The number of anilines is 1. The van der Waals surface area contributed by atoms with E-state index in [1.54, 1.807) is 30.0 Å². The molecule has 0 aliphatic carbocycles. The van der Waals surface area contributed by atoms with Gasteiger partial charge in [0, 0.05) is 30.8 Å². The lowest BCUT2D eigenvalue weighted by molar-refractivity contribution is -0.134. The van der Waals surface area contributed by atoms with Gasteiger partial charge in [-0.3, -0.25) is 9.59 Å². The second kappa shape index (κ2) is 12.7. The number of hydrogen-bond donors (Lipinski definition) is 2. The van der Waals surface area contributed by atoms with Crippen molar-refractivity contribution in [2.45, 2.75) is 43.9 Å². The molecule has 220 valence electrons. The van der Waals surface area contributed by atoms with Crippen molar-refractivity contribution in [2.24, 2.45) is 5.92 Å². The van der Waals surface area contributed by atoms with Gasteiger partial charge in [0.2, 0.25) is 21.8 Å². The normalized spacial score (nSPS) is 18.6. The Hall–Kier alpha value is -3.95. The SMILES string of the molecule is C[C@@H]1CN([C@@H](C)CO)C(=O)Cc2cc(NC(=O)Cn3cnnn3)ccc2O[C@@H]1CN(C)S(=O)(=O)c1ccc(F)cc1. The minimum Gasteiger partial charge on any atom is -0.488 e. The van der Waals surface area contributed by atoms with E-state index in [4.69, 9.17) is 4.74 Å². The van der Waals surface area contributed by atoms with Crippen LogP contribution in [0.3, 0.4) is 0 Å². The summed E-state index contributed by atoms with van der Waals surface area (Å²) in [5.41, 5.74) is 0.897. The minimum absolute atomic E-state index is 0.0646. The molecule has 0 radical (unpaired) electrons. The lowest BCUT2D eigenvalue weighted by Gasteiger charge is -2.33. The summed E-state index contributed by atoms with van der Waals surface area (Å²) in [5, 5.41) is 23.2. The molecule has 2 aromatic carbocycles. The molecule has 13 nitrogen and oxygen atoms in total. The number of sulfonamides is 1. The number of carbonyl (C=O) groups is 2. The van der Waals surface area contributed by atoms with Gasteiger partial charge >= 0.3 is 0 Å². The van der Waals surface area contributed by atoms with Crippen LogP contribution in [0.25, 0.3) is 0 Å². The summed E-state index contributed by atoms with van der Waals surface area (Å²) in [7, 11) is -2.56. The van der Waals surface area contributed by atoms with Gasteiger partial charge in [-0.05, 0) is 59.8 Å². The molecule has 4 rings (SSSR count). The number of ether oxygens (including phenoxy) is 1. The van der Waals surface area contributed by atoms with Gasteiger partial charge in [-0.25, -0.2) is 17.5 Å². The molecule has 2 N–H and O–H groups in total. The maximum atomic E-state index is 13.4. The van der Waals surface area contributed by atoms with Crippen LogP contribution >= 0.6 is 0 Å². The maximum Gasteiger partial charge on any atom is 0.246 e. The van der Waals surface area contributed by atoms with Crippen molar-refractivity contribution in [3.8, 4) is 5.75 Å². The molecule has 0 spiro atoms. The monoisotopic (exact) mass is 589 g/mol. The standard InChI is InChI=1S/C26H32FN7O6S/c1-17-12-34(18(2)15-35)26(37)11-19-10-21(29-25(36)14-33-16-28-30-31-33)6-9-23(19)40-24(17)13-32(3)41(38,39)22-7-4-20(27)5-8-22/h4-10,16-18,24,35H,11-15H2,1-3H3,(H,29,36)/t17-,18+,24-/m1/s1. The molecular weight excluding hydrogens is 557 g/mol. The molecule has 0 bridgehead atoms. The maximum absolute atomic E-state index is 13.4. The van der Waals surface area contributed by atoms with E-state index in [-0.39, 0.29) is 55.3 Å². The van der Waals surface area contributed by atoms with Gasteiger partial charge in [0.15, 0.2) is 0 Å². The Kier molecular flexibility index (Phi) is 9.30. The zero-order valence-electron chi connectivity index (χ0n) is 22.8. The summed E-state index contributed by atoms with van der Waals surface area (Å²) in [5.74, 6) is -1.18. The molecular formula is C26H32FN7O6S. The summed E-state index contributed by atoms with van der Waals surface area (Å²) in [6.45, 7) is 3.32. The van der Waals surface area contributed by atoms with E-state index < -0.39 is 28.0 Å². The van der Waals surface area contributed by atoms with Crippen molar-refractivity contribution in [3.05, 3.63) is 60.2 Å². The van der Waals surface area contributed by atoms with Crippen LogP contribution in [-0.2, 0) is 32.6 Å². The summed E-state index contributed by atoms with van der Waals surface area (Å²) in [6, 6.07) is 8.92. The van der Waals surface area contributed by atoms with Crippen LogP contribution in [-0.4, -0.2) is 93.6 Å². The first kappa shape index (κ1) is 30.0. The van der Waals surface area contributed by atoms with E-state index in [0.29, 0.717) is 17.0 Å². The quantitative estimate of drug-likeness (QED) is 0.370. The van der Waals surface area contributed by atoms with E-state index in [2.05, 4.69) is 20.8 Å². The van der Waals surface area contributed by atoms with Gasteiger partial charge in [-0.15, -0.1) is 5.10 Å². The van der Waals surface area contributed by atoms with Crippen LogP contribution in [0.15, 0.2) is 53.7 Å². The number of fused-ring (bicyclic) bond motifs is 1. The highest BCUT2D eigenvalue weighted by Crippen LogP contribution is 2.30. The molecule has 3 aromatic rings. The Labute approximate surface area is 236 Å². The van der Waals surface area contributed by atoms with Crippen LogP contribution in [0.1, 0.15) is 19.4 Å². The van der Waals surface area contributed by atoms with Crippen LogP contribution < -0.4 is 10.1 Å². The molecule has 1 aliphatic heterocycles. The average Bonchev–Trinajstić information content (AvgIpc) is 3.45. The number of likely N-dealkylation sites (N-methyl/N-ethyl adjacent to an activating group) is 1. The van der Waals surface area contributed by atoms with Crippen molar-refractivity contribution in [1.29, 1.82) is 0 Å². The molecule has 3 atom stereocenters. The molecule has 2 amide bonds. The van der Waals surface area contributed by atoms with Crippen LogP contribution in [0.5, 0.6) is 5.75 Å². The highest BCUT2D eigenvalue weighted by Gasteiger charge is 2.33. The van der Waals surface area contributed by atoms with Crippen molar-refractivity contribution in [1.82, 2.24) is 29.4 Å². The number of nitrogens with one attached hydrogen (secondary N) is 1. The van der Waals surface area contributed by atoms with Gasteiger partial charge < -0.3 is 20.1 Å². The van der Waals surface area contributed by atoms with Gasteiger partial charge in [-0.2, -0.15) is 4.31 Å². The first-order chi connectivity index (χ1) is 19.5. The van der Waals surface area contributed by atoms with Crippen molar-refractivity contribution >= 4 is 27.5 Å². The first-order valence-electron chi connectivity index (χ1n) is 12.9. The third-order valence-electron chi connectivity index (χ3n) is 6.86. The number of hydrogen-bond acceptors (Lipinski definition) is 9.